The predicted molar refractivity (Wildman–Crippen MR) is 120 cm³/mol. The molecule has 0 saturated carbocycles. The van der Waals surface area contributed by atoms with E-state index in [-0.39, 0.29) is 30.2 Å². The Labute approximate surface area is 184 Å². The van der Waals surface area contributed by atoms with Gasteiger partial charge >= 0.3 is 0 Å². The monoisotopic (exact) mass is 445 g/mol. The Bertz CT molecular complexity index is 966. The van der Waals surface area contributed by atoms with Gasteiger partial charge in [0.25, 0.3) is 0 Å². The van der Waals surface area contributed by atoms with Gasteiger partial charge in [-0.05, 0) is 56.0 Å². The van der Waals surface area contributed by atoms with Crippen LogP contribution in [0, 0.1) is 5.92 Å². The first-order chi connectivity index (χ1) is 14.9. The lowest BCUT2D eigenvalue weighted by atomic mass is 9.98. The molecule has 7 nitrogen and oxygen atoms in total. The molecular formula is C23H31N3O4S. The van der Waals surface area contributed by atoms with E-state index in [0.29, 0.717) is 38.2 Å². The van der Waals surface area contributed by atoms with Crippen LogP contribution in [0.5, 0.6) is 5.75 Å². The molecule has 0 bridgehead atoms. The second-order valence-corrected chi connectivity index (χ2v) is 10.0. The van der Waals surface area contributed by atoms with Crippen LogP contribution in [0.2, 0.25) is 0 Å². The summed E-state index contributed by atoms with van der Waals surface area (Å²) in [7, 11) is -3.28. The lowest BCUT2D eigenvalue weighted by Crippen LogP contribution is -2.46. The van der Waals surface area contributed by atoms with Gasteiger partial charge in [0, 0.05) is 19.3 Å². The summed E-state index contributed by atoms with van der Waals surface area (Å²) in [5.41, 5.74) is 1.77. The Morgan fingerprint density at radius 2 is 2.13 bits per heavy atom. The van der Waals surface area contributed by atoms with Crippen molar-refractivity contribution in [2.45, 2.75) is 45.8 Å². The number of hydrogen-bond donors (Lipinski definition) is 1. The molecule has 2 atom stereocenters. The number of nitrogens with zero attached hydrogens (tertiary/aromatic N) is 2. The van der Waals surface area contributed by atoms with Crippen LogP contribution in [0.1, 0.15) is 50.4 Å². The number of rotatable bonds is 9. The number of piperidine rings is 1. The maximum Gasteiger partial charge on any atom is 0.224 e. The number of nitrogens with one attached hydrogen (secondary N) is 1. The Hall–Kier alpha value is -2.45. The molecule has 0 spiro atoms. The van der Waals surface area contributed by atoms with Crippen LogP contribution in [0.25, 0.3) is 0 Å². The summed E-state index contributed by atoms with van der Waals surface area (Å²) in [4.78, 5) is 17.1. The van der Waals surface area contributed by atoms with Crippen LogP contribution in [0.15, 0.2) is 48.7 Å². The predicted octanol–water partition coefficient (Wildman–Crippen LogP) is 3.29. The van der Waals surface area contributed by atoms with E-state index < -0.39 is 10.0 Å². The molecule has 1 amide bonds. The van der Waals surface area contributed by atoms with E-state index in [1.54, 1.807) is 6.20 Å². The first kappa shape index (κ1) is 23.2. The Kier molecular flexibility index (Phi) is 8.03. The van der Waals surface area contributed by atoms with Crippen molar-refractivity contribution in [1.29, 1.82) is 0 Å². The lowest BCUT2D eigenvalue weighted by Gasteiger charge is -2.31. The number of amides is 1. The van der Waals surface area contributed by atoms with Crippen molar-refractivity contribution in [3.05, 3.63) is 59.9 Å². The van der Waals surface area contributed by atoms with Crippen molar-refractivity contribution >= 4 is 15.9 Å². The molecule has 8 heteroatoms. The Balaban J connectivity index is 1.58. The quantitative estimate of drug-likeness (QED) is 0.640. The van der Waals surface area contributed by atoms with Gasteiger partial charge in [0.15, 0.2) is 0 Å². The third-order valence-corrected chi connectivity index (χ3v) is 7.48. The van der Waals surface area contributed by atoms with E-state index in [9.17, 15) is 13.2 Å². The summed E-state index contributed by atoms with van der Waals surface area (Å²) >= 11 is 0. The van der Waals surface area contributed by atoms with Gasteiger partial charge < -0.3 is 10.1 Å². The number of carbonyl (C=O) groups excluding carboxylic acids is 1. The zero-order chi connectivity index (χ0) is 22.3. The zero-order valence-corrected chi connectivity index (χ0v) is 19.0. The minimum absolute atomic E-state index is 0.108. The fourth-order valence-corrected chi connectivity index (χ4v) is 5.31. The molecule has 1 aliphatic rings. The topological polar surface area (TPSA) is 88.6 Å². The number of pyridine rings is 1. The molecule has 1 aromatic carbocycles. The minimum Gasteiger partial charge on any atom is -0.487 e. The third-order valence-electron chi connectivity index (χ3n) is 5.44. The molecule has 1 aliphatic heterocycles. The molecule has 1 N–H and O–H groups in total. The van der Waals surface area contributed by atoms with Gasteiger partial charge in [-0.1, -0.05) is 25.1 Å². The van der Waals surface area contributed by atoms with Crippen LogP contribution in [0.3, 0.4) is 0 Å². The van der Waals surface area contributed by atoms with Crippen molar-refractivity contribution in [3.8, 4) is 5.75 Å². The van der Waals surface area contributed by atoms with E-state index in [2.05, 4.69) is 10.3 Å². The number of hydrogen-bond acceptors (Lipinski definition) is 5. The first-order valence-corrected chi connectivity index (χ1v) is 12.4. The summed E-state index contributed by atoms with van der Waals surface area (Å²) < 4.78 is 32.1. The van der Waals surface area contributed by atoms with E-state index in [1.165, 1.54) is 4.31 Å². The molecule has 31 heavy (non-hydrogen) atoms. The minimum atomic E-state index is -3.28. The smallest absolute Gasteiger partial charge is 0.224 e. The molecule has 2 heterocycles. The van der Waals surface area contributed by atoms with Crippen molar-refractivity contribution in [1.82, 2.24) is 14.6 Å². The van der Waals surface area contributed by atoms with Gasteiger partial charge in [-0.3, -0.25) is 9.78 Å². The van der Waals surface area contributed by atoms with Crippen LogP contribution in [-0.4, -0.2) is 42.5 Å². The molecule has 3 rings (SSSR count). The summed E-state index contributed by atoms with van der Waals surface area (Å²) in [6, 6.07) is 13.1. The van der Waals surface area contributed by atoms with Crippen molar-refractivity contribution in [2.75, 3.05) is 18.8 Å². The van der Waals surface area contributed by atoms with Crippen LogP contribution in [-0.2, 0) is 21.4 Å². The second kappa shape index (κ2) is 10.7. The molecule has 168 valence electrons. The summed E-state index contributed by atoms with van der Waals surface area (Å²) in [5.74, 6) is 0.400. The maximum absolute atomic E-state index is 12.8. The molecule has 1 aromatic heterocycles. The van der Waals surface area contributed by atoms with E-state index in [4.69, 9.17) is 4.74 Å². The molecule has 2 unspecified atom stereocenters. The van der Waals surface area contributed by atoms with Gasteiger partial charge in [0.1, 0.15) is 12.4 Å². The number of ether oxygens (including phenoxy) is 1. The number of aromatic nitrogens is 1. The van der Waals surface area contributed by atoms with E-state index in [1.807, 2.05) is 56.3 Å². The summed E-state index contributed by atoms with van der Waals surface area (Å²) in [6.07, 6.45) is 3.70. The van der Waals surface area contributed by atoms with E-state index >= 15 is 0 Å². The lowest BCUT2D eigenvalue weighted by molar-refractivity contribution is -0.126. The van der Waals surface area contributed by atoms with Crippen LogP contribution in [0.4, 0.5) is 0 Å². The SMILES string of the molecule is CCCS(=O)(=O)N1CCCC(C(=O)NC(C)c2cccc(OCc3ccccn3)c2)C1. The second-order valence-electron chi connectivity index (χ2n) is 7.93. The highest BCUT2D eigenvalue weighted by Crippen LogP contribution is 2.23. The highest BCUT2D eigenvalue weighted by atomic mass is 32.2. The Morgan fingerprint density at radius 1 is 1.29 bits per heavy atom. The first-order valence-electron chi connectivity index (χ1n) is 10.8. The average Bonchev–Trinajstić information content (AvgIpc) is 2.78. The number of benzene rings is 1. The molecule has 1 fully saturated rings. The van der Waals surface area contributed by atoms with E-state index in [0.717, 1.165) is 11.3 Å². The Morgan fingerprint density at radius 3 is 2.87 bits per heavy atom. The molecular weight excluding hydrogens is 414 g/mol. The van der Waals surface area contributed by atoms with Gasteiger partial charge in [-0.15, -0.1) is 0 Å². The van der Waals surface area contributed by atoms with Gasteiger partial charge in [-0.2, -0.15) is 0 Å². The summed E-state index contributed by atoms with van der Waals surface area (Å²) in [5, 5.41) is 3.04. The van der Waals surface area contributed by atoms with Crippen molar-refractivity contribution in [2.24, 2.45) is 5.92 Å². The van der Waals surface area contributed by atoms with Crippen LogP contribution >= 0.6 is 0 Å². The summed E-state index contributed by atoms with van der Waals surface area (Å²) in [6.45, 7) is 4.90. The molecule has 2 aromatic rings. The number of sulfonamides is 1. The van der Waals surface area contributed by atoms with Gasteiger partial charge in [-0.25, -0.2) is 12.7 Å². The molecule has 0 radical (unpaired) electrons. The number of carbonyl (C=O) groups is 1. The van der Waals surface area contributed by atoms with Gasteiger partial charge in [0.05, 0.1) is 23.4 Å². The highest BCUT2D eigenvalue weighted by Gasteiger charge is 2.32. The average molecular weight is 446 g/mol. The molecule has 1 saturated heterocycles. The van der Waals surface area contributed by atoms with Crippen LogP contribution < -0.4 is 10.1 Å². The highest BCUT2D eigenvalue weighted by molar-refractivity contribution is 7.89. The largest absolute Gasteiger partial charge is 0.487 e. The fourth-order valence-electron chi connectivity index (χ4n) is 3.73. The standard InChI is InChI=1S/C23H31N3O4S/c1-3-14-31(28,29)26-13-7-9-20(16-26)23(27)25-18(2)19-8-6-11-22(15-19)30-17-21-10-4-5-12-24-21/h4-6,8,10-12,15,18,20H,3,7,9,13-14,16-17H2,1-2H3,(H,25,27). The van der Waals surface area contributed by atoms with Gasteiger partial charge in [0.2, 0.25) is 15.9 Å². The molecule has 0 aliphatic carbocycles. The van der Waals surface area contributed by atoms with Crippen molar-refractivity contribution in [3.63, 3.8) is 0 Å². The van der Waals surface area contributed by atoms with Crippen molar-refractivity contribution < 1.29 is 17.9 Å². The normalized spacial score (nSPS) is 18.3. The zero-order valence-electron chi connectivity index (χ0n) is 18.2. The maximum atomic E-state index is 12.8. The fraction of sp³-hybridized carbons (Fsp3) is 0.478. The third kappa shape index (κ3) is 6.51.